The van der Waals surface area contributed by atoms with Gasteiger partial charge in [-0.05, 0) is 34.5 Å². The normalized spacial score (nSPS) is 19.3. The number of halogens is 1. The minimum atomic E-state index is -0.314. The second-order valence-electron chi connectivity index (χ2n) is 5.43. The lowest BCUT2D eigenvalue weighted by Crippen LogP contribution is -2.41. The standard InChI is InChI=1S/C16H21BrN2O3/c1-3-12(10-22-2)18-16(21)11-8-15(20)19(9-11)14-7-5-4-6-13(14)17/h4-7,11-12H,3,8-10H2,1-2H3,(H,18,21). The molecule has 1 aliphatic heterocycles. The van der Waals surface area contributed by atoms with Crippen LogP contribution in [0.5, 0.6) is 0 Å². The van der Waals surface area contributed by atoms with E-state index in [0.29, 0.717) is 13.2 Å². The number of hydrogen-bond acceptors (Lipinski definition) is 3. The van der Waals surface area contributed by atoms with Crippen molar-refractivity contribution in [2.45, 2.75) is 25.8 Å². The van der Waals surface area contributed by atoms with Gasteiger partial charge < -0.3 is 15.0 Å². The summed E-state index contributed by atoms with van der Waals surface area (Å²) >= 11 is 3.45. The third-order valence-corrected chi connectivity index (χ3v) is 4.52. The van der Waals surface area contributed by atoms with Crippen LogP contribution in [-0.2, 0) is 14.3 Å². The van der Waals surface area contributed by atoms with E-state index in [4.69, 9.17) is 4.74 Å². The first-order valence-electron chi connectivity index (χ1n) is 7.41. The summed E-state index contributed by atoms with van der Waals surface area (Å²) in [6.45, 7) is 2.89. The van der Waals surface area contributed by atoms with Crippen molar-refractivity contribution in [2.24, 2.45) is 5.92 Å². The fraction of sp³-hybridized carbons (Fsp3) is 0.500. The van der Waals surface area contributed by atoms with E-state index < -0.39 is 0 Å². The fourth-order valence-electron chi connectivity index (χ4n) is 2.57. The Morgan fingerprint density at radius 2 is 2.23 bits per heavy atom. The largest absolute Gasteiger partial charge is 0.383 e. The molecule has 0 bridgehead atoms. The van der Waals surface area contributed by atoms with Crippen molar-refractivity contribution in [2.75, 3.05) is 25.2 Å². The maximum atomic E-state index is 12.3. The van der Waals surface area contributed by atoms with Gasteiger partial charge in [0.15, 0.2) is 0 Å². The predicted octanol–water partition coefficient (Wildman–Crippen LogP) is 2.34. The maximum absolute atomic E-state index is 12.3. The number of carbonyl (C=O) groups is 2. The molecule has 1 aromatic rings. The first-order valence-corrected chi connectivity index (χ1v) is 8.20. The van der Waals surface area contributed by atoms with Crippen LogP contribution in [0.15, 0.2) is 28.7 Å². The van der Waals surface area contributed by atoms with Crippen LogP contribution in [0.2, 0.25) is 0 Å². The van der Waals surface area contributed by atoms with Crippen LogP contribution in [-0.4, -0.2) is 38.1 Å². The number of nitrogens with one attached hydrogen (secondary N) is 1. The van der Waals surface area contributed by atoms with Crippen LogP contribution < -0.4 is 10.2 Å². The number of ether oxygens (including phenoxy) is 1. The Morgan fingerprint density at radius 1 is 1.50 bits per heavy atom. The van der Waals surface area contributed by atoms with Crippen LogP contribution in [0.25, 0.3) is 0 Å². The molecule has 5 nitrogen and oxygen atoms in total. The van der Waals surface area contributed by atoms with Gasteiger partial charge >= 0.3 is 0 Å². The van der Waals surface area contributed by atoms with E-state index in [0.717, 1.165) is 16.6 Å². The monoisotopic (exact) mass is 368 g/mol. The van der Waals surface area contributed by atoms with Crippen molar-refractivity contribution < 1.29 is 14.3 Å². The number of amides is 2. The average Bonchev–Trinajstić information content (AvgIpc) is 2.89. The van der Waals surface area contributed by atoms with Crippen molar-refractivity contribution in [1.82, 2.24) is 5.32 Å². The molecule has 1 saturated heterocycles. The minimum Gasteiger partial charge on any atom is -0.383 e. The zero-order chi connectivity index (χ0) is 16.1. The summed E-state index contributed by atoms with van der Waals surface area (Å²) in [6, 6.07) is 7.54. The quantitative estimate of drug-likeness (QED) is 0.838. The summed E-state index contributed by atoms with van der Waals surface area (Å²) < 4.78 is 5.94. The first-order chi connectivity index (χ1) is 10.6. The second-order valence-corrected chi connectivity index (χ2v) is 6.28. The highest BCUT2D eigenvalue weighted by molar-refractivity contribution is 9.10. The van der Waals surface area contributed by atoms with E-state index in [1.807, 2.05) is 31.2 Å². The Balaban J connectivity index is 2.03. The molecule has 0 saturated carbocycles. The Morgan fingerprint density at radius 3 is 2.86 bits per heavy atom. The molecule has 22 heavy (non-hydrogen) atoms. The Hall–Kier alpha value is -1.40. The first kappa shape index (κ1) is 17.0. The average molecular weight is 369 g/mol. The molecule has 0 radical (unpaired) electrons. The van der Waals surface area contributed by atoms with Crippen LogP contribution in [0.4, 0.5) is 5.69 Å². The minimum absolute atomic E-state index is 0.00915. The van der Waals surface area contributed by atoms with Crippen molar-refractivity contribution in [3.63, 3.8) is 0 Å². The van der Waals surface area contributed by atoms with Crippen molar-refractivity contribution in [3.05, 3.63) is 28.7 Å². The van der Waals surface area contributed by atoms with Crippen LogP contribution in [0.1, 0.15) is 19.8 Å². The van der Waals surface area contributed by atoms with E-state index >= 15 is 0 Å². The molecule has 2 rings (SSSR count). The number of anilines is 1. The summed E-state index contributed by atoms with van der Waals surface area (Å²) in [7, 11) is 1.61. The lowest BCUT2D eigenvalue weighted by Gasteiger charge is -2.20. The molecular formula is C16H21BrN2O3. The number of carbonyl (C=O) groups excluding carboxylic acids is 2. The van der Waals surface area contributed by atoms with Crippen molar-refractivity contribution in [3.8, 4) is 0 Å². The van der Waals surface area contributed by atoms with Gasteiger partial charge in [0.1, 0.15) is 0 Å². The molecule has 0 spiro atoms. The lowest BCUT2D eigenvalue weighted by atomic mass is 10.1. The van der Waals surface area contributed by atoms with Gasteiger partial charge in [0.25, 0.3) is 0 Å². The third kappa shape index (κ3) is 3.87. The Kier molecular flexibility index (Phi) is 5.97. The van der Waals surface area contributed by atoms with E-state index in [1.54, 1.807) is 12.0 Å². The third-order valence-electron chi connectivity index (χ3n) is 3.85. The summed E-state index contributed by atoms with van der Waals surface area (Å²) in [5.74, 6) is -0.413. The summed E-state index contributed by atoms with van der Waals surface area (Å²) in [5, 5.41) is 2.96. The van der Waals surface area contributed by atoms with E-state index in [1.165, 1.54) is 0 Å². The maximum Gasteiger partial charge on any atom is 0.227 e. The molecule has 2 atom stereocenters. The number of methoxy groups -OCH3 is 1. The zero-order valence-electron chi connectivity index (χ0n) is 12.8. The topological polar surface area (TPSA) is 58.6 Å². The van der Waals surface area contributed by atoms with Gasteiger partial charge in [0.2, 0.25) is 11.8 Å². The smallest absolute Gasteiger partial charge is 0.227 e. The predicted molar refractivity (Wildman–Crippen MR) is 88.7 cm³/mol. The molecule has 2 unspecified atom stereocenters. The molecular weight excluding hydrogens is 348 g/mol. The van der Waals surface area contributed by atoms with Crippen LogP contribution in [0.3, 0.4) is 0 Å². The molecule has 1 aliphatic rings. The van der Waals surface area contributed by atoms with E-state index in [9.17, 15) is 9.59 Å². The van der Waals surface area contributed by atoms with Gasteiger partial charge in [-0.25, -0.2) is 0 Å². The van der Waals surface area contributed by atoms with Crippen LogP contribution >= 0.6 is 15.9 Å². The van der Waals surface area contributed by atoms with Crippen molar-refractivity contribution >= 4 is 33.4 Å². The number of rotatable bonds is 6. The van der Waals surface area contributed by atoms with Gasteiger partial charge in [-0.2, -0.15) is 0 Å². The van der Waals surface area contributed by atoms with Gasteiger partial charge in [0, 0.05) is 24.5 Å². The molecule has 1 fully saturated rings. The summed E-state index contributed by atoms with van der Waals surface area (Å²) in [4.78, 5) is 26.2. The van der Waals surface area contributed by atoms with Gasteiger partial charge in [-0.1, -0.05) is 19.1 Å². The SMILES string of the molecule is CCC(COC)NC(=O)C1CC(=O)N(c2ccccc2Br)C1. The number of benzene rings is 1. The molecule has 6 heteroatoms. The number of para-hydroxylation sites is 1. The number of hydrogen-bond donors (Lipinski definition) is 1. The highest BCUT2D eigenvalue weighted by atomic mass is 79.9. The Bertz CT molecular complexity index is 550. The highest BCUT2D eigenvalue weighted by Gasteiger charge is 2.36. The van der Waals surface area contributed by atoms with Gasteiger partial charge in [-0.3, -0.25) is 9.59 Å². The fourth-order valence-corrected chi connectivity index (χ4v) is 3.07. The summed E-state index contributed by atoms with van der Waals surface area (Å²) in [5.41, 5.74) is 0.812. The molecule has 1 N–H and O–H groups in total. The zero-order valence-corrected chi connectivity index (χ0v) is 14.4. The highest BCUT2D eigenvalue weighted by Crippen LogP contribution is 2.31. The second kappa shape index (κ2) is 7.74. The summed E-state index contributed by atoms with van der Waals surface area (Å²) in [6.07, 6.45) is 1.05. The molecule has 1 aromatic carbocycles. The molecule has 2 amide bonds. The Labute approximate surface area is 139 Å². The van der Waals surface area contributed by atoms with Crippen LogP contribution in [0, 0.1) is 5.92 Å². The molecule has 0 aromatic heterocycles. The van der Waals surface area contributed by atoms with Gasteiger partial charge in [0.05, 0.1) is 24.3 Å². The van der Waals surface area contributed by atoms with Crippen molar-refractivity contribution in [1.29, 1.82) is 0 Å². The van der Waals surface area contributed by atoms with E-state index in [-0.39, 0.29) is 30.2 Å². The molecule has 1 heterocycles. The molecule has 0 aliphatic carbocycles. The lowest BCUT2D eigenvalue weighted by molar-refractivity contribution is -0.127. The molecule has 120 valence electrons. The van der Waals surface area contributed by atoms with E-state index in [2.05, 4.69) is 21.2 Å². The number of nitrogens with zero attached hydrogens (tertiary/aromatic N) is 1. The van der Waals surface area contributed by atoms with Gasteiger partial charge in [-0.15, -0.1) is 0 Å².